The van der Waals surface area contributed by atoms with Gasteiger partial charge in [0.2, 0.25) is 5.91 Å². The molecule has 10 heteroatoms. The summed E-state index contributed by atoms with van der Waals surface area (Å²) in [6.07, 6.45) is 4.84. The van der Waals surface area contributed by atoms with Gasteiger partial charge in [-0.05, 0) is 44.9 Å². The second-order valence-corrected chi connectivity index (χ2v) is 8.95. The van der Waals surface area contributed by atoms with Crippen molar-refractivity contribution in [3.63, 3.8) is 0 Å². The van der Waals surface area contributed by atoms with Crippen molar-refractivity contribution in [3.05, 3.63) is 54.0 Å². The van der Waals surface area contributed by atoms with Crippen molar-refractivity contribution in [2.45, 2.75) is 26.7 Å². The van der Waals surface area contributed by atoms with Gasteiger partial charge in [0.05, 0.1) is 17.9 Å². The number of carbonyl (C=O) groups is 2. The van der Waals surface area contributed by atoms with Gasteiger partial charge in [-0.25, -0.2) is 14.6 Å². The highest BCUT2D eigenvalue weighted by molar-refractivity contribution is 5.91. The second kappa shape index (κ2) is 9.28. The number of aryl methyl sites for hydroxylation is 2. The number of hydrogen-bond donors (Lipinski definition) is 0. The van der Waals surface area contributed by atoms with Gasteiger partial charge in [0.15, 0.2) is 11.6 Å². The maximum Gasteiger partial charge on any atom is 0.289 e. The van der Waals surface area contributed by atoms with E-state index in [2.05, 4.69) is 20.0 Å². The zero-order valence-electron chi connectivity index (χ0n) is 19.6. The molecule has 3 aromatic heterocycles. The number of anilines is 1. The van der Waals surface area contributed by atoms with Crippen molar-refractivity contribution in [2.75, 3.05) is 44.2 Å². The molecule has 10 nitrogen and oxygen atoms in total. The third kappa shape index (κ3) is 4.40. The van der Waals surface area contributed by atoms with Crippen LogP contribution in [-0.2, 0) is 4.79 Å². The SMILES string of the molecule is Cc1cc(C)n(-c2cc(N3CCCC(C(=O)N4CCN(C(=O)c5ccco5)CC4)C3)ncn2)n1. The Morgan fingerprint density at radius 3 is 2.47 bits per heavy atom. The lowest BCUT2D eigenvalue weighted by Gasteiger charge is -2.39. The minimum atomic E-state index is -0.122. The Morgan fingerprint density at radius 2 is 1.76 bits per heavy atom. The van der Waals surface area contributed by atoms with E-state index in [0.717, 1.165) is 42.4 Å². The minimum Gasteiger partial charge on any atom is -0.459 e. The monoisotopic (exact) mass is 463 g/mol. The van der Waals surface area contributed by atoms with Crippen LogP contribution in [0.1, 0.15) is 34.8 Å². The molecule has 2 aliphatic rings. The van der Waals surface area contributed by atoms with E-state index >= 15 is 0 Å². The smallest absolute Gasteiger partial charge is 0.289 e. The Kier molecular flexibility index (Phi) is 6.04. The number of nitrogens with zero attached hydrogens (tertiary/aromatic N) is 7. The van der Waals surface area contributed by atoms with Gasteiger partial charge in [-0.1, -0.05) is 0 Å². The number of carbonyl (C=O) groups excluding carboxylic acids is 2. The summed E-state index contributed by atoms with van der Waals surface area (Å²) >= 11 is 0. The van der Waals surface area contributed by atoms with Gasteiger partial charge in [0.1, 0.15) is 12.1 Å². The molecule has 5 heterocycles. The van der Waals surface area contributed by atoms with Gasteiger partial charge in [-0.15, -0.1) is 0 Å². The van der Waals surface area contributed by atoms with E-state index < -0.39 is 0 Å². The molecule has 2 fully saturated rings. The molecule has 0 bridgehead atoms. The Hall–Kier alpha value is -3.69. The maximum atomic E-state index is 13.3. The van der Waals surface area contributed by atoms with Crippen molar-refractivity contribution < 1.29 is 14.0 Å². The predicted molar refractivity (Wildman–Crippen MR) is 125 cm³/mol. The molecule has 34 heavy (non-hydrogen) atoms. The summed E-state index contributed by atoms with van der Waals surface area (Å²) in [5.41, 5.74) is 1.95. The molecule has 0 radical (unpaired) electrons. The molecular weight excluding hydrogens is 434 g/mol. The van der Waals surface area contributed by atoms with Crippen LogP contribution >= 0.6 is 0 Å². The first-order valence-electron chi connectivity index (χ1n) is 11.7. The first kappa shape index (κ1) is 22.1. The summed E-state index contributed by atoms with van der Waals surface area (Å²) < 4.78 is 7.04. The first-order valence-corrected chi connectivity index (χ1v) is 11.7. The van der Waals surface area contributed by atoms with Crippen LogP contribution < -0.4 is 4.90 Å². The fourth-order valence-electron chi connectivity index (χ4n) is 4.82. The lowest BCUT2D eigenvalue weighted by Crippen LogP contribution is -2.53. The third-order valence-electron chi connectivity index (χ3n) is 6.57. The van der Waals surface area contributed by atoms with Crippen molar-refractivity contribution in [1.82, 2.24) is 29.5 Å². The lowest BCUT2D eigenvalue weighted by atomic mass is 9.96. The van der Waals surface area contributed by atoms with E-state index in [4.69, 9.17) is 4.42 Å². The van der Waals surface area contributed by atoms with Crippen LogP contribution in [-0.4, -0.2) is 80.6 Å². The van der Waals surface area contributed by atoms with Crippen LogP contribution in [0.15, 0.2) is 41.3 Å². The van der Waals surface area contributed by atoms with Gasteiger partial charge >= 0.3 is 0 Å². The van der Waals surface area contributed by atoms with E-state index in [1.807, 2.05) is 35.6 Å². The van der Waals surface area contributed by atoms with E-state index in [9.17, 15) is 9.59 Å². The molecule has 1 unspecified atom stereocenters. The van der Waals surface area contributed by atoms with Crippen LogP contribution in [0.4, 0.5) is 5.82 Å². The van der Waals surface area contributed by atoms with Crippen molar-refractivity contribution in [1.29, 1.82) is 0 Å². The largest absolute Gasteiger partial charge is 0.459 e. The summed E-state index contributed by atoms with van der Waals surface area (Å²) in [7, 11) is 0. The number of piperazine rings is 1. The second-order valence-electron chi connectivity index (χ2n) is 8.95. The van der Waals surface area contributed by atoms with Gasteiger partial charge in [-0.3, -0.25) is 9.59 Å². The third-order valence-corrected chi connectivity index (χ3v) is 6.57. The summed E-state index contributed by atoms with van der Waals surface area (Å²) in [6, 6.07) is 7.33. The highest BCUT2D eigenvalue weighted by atomic mass is 16.3. The molecular formula is C24H29N7O3. The predicted octanol–water partition coefficient (Wildman–Crippen LogP) is 2.07. The molecule has 0 N–H and O–H groups in total. The number of amides is 2. The fraction of sp³-hybridized carbons (Fsp3) is 0.458. The number of aromatic nitrogens is 4. The highest BCUT2D eigenvalue weighted by Gasteiger charge is 2.33. The average Bonchev–Trinajstić information content (AvgIpc) is 3.53. The van der Waals surface area contributed by atoms with Crippen LogP contribution in [0.5, 0.6) is 0 Å². The standard InChI is InChI=1S/C24H29N7O3/c1-17-13-18(2)31(27-17)22-14-21(25-16-26-22)30-7-3-5-19(15-30)23(32)28-8-10-29(11-9-28)24(33)20-6-4-12-34-20/h4,6,12-14,16,19H,3,5,7-11,15H2,1-2H3. The normalized spacial score (nSPS) is 18.9. The summed E-state index contributed by atoms with van der Waals surface area (Å²) in [4.78, 5) is 40.5. The van der Waals surface area contributed by atoms with Crippen LogP contribution in [0.2, 0.25) is 0 Å². The molecule has 1 atom stereocenters. The zero-order chi connectivity index (χ0) is 23.7. The average molecular weight is 464 g/mol. The minimum absolute atomic E-state index is 0.0897. The van der Waals surface area contributed by atoms with Crippen LogP contribution in [0.25, 0.3) is 5.82 Å². The van der Waals surface area contributed by atoms with E-state index in [-0.39, 0.29) is 17.7 Å². The summed E-state index contributed by atoms with van der Waals surface area (Å²) in [5, 5.41) is 4.52. The van der Waals surface area contributed by atoms with Crippen molar-refractivity contribution in [2.24, 2.45) is 5.92 Å². The Bertz CT molecular complexity index is 1170. The quantitative estimate of drug-likeness (QED) is 0.584. The molecule has 2 amide bonds. The highest BCUT2D eigenvalue weighted by Crippen LogP contribution is 2.25. The molecule has 2 saturated heterocycles. The Labute approximate surface area is 198 Å². The fourth-order valence-corrected chi connectivity index (χ4v) is 4.82. The molecule has 0 spiro atoms. The van der Waals surface area contributed by atoms with Gasteiger partial charge in [0.25, 0.3) is 5.91 Å². The van der Waals surface area contributed by atoms with E-state index in [0.29, 0.717) is 38.5 Å². The lowest BCUT2D eigenvalue weighted by molar-refractivity contribution is -0.137. The molecule has 0 saturated carbocycles. The molecule has 0 aliphatic carbocycles. The molecule has 178 valence electrons. The van der Waals surface area contributed by atoms with Gasteiger partial charge < -0.3 is 19.1 Å². The Morgan fingerprint density at radius 1 is 1.00 bits per heavy atom. The van der Waals surface area contributed by atoms with E-state index in [1.54, 1.807) is 23.4 Å². The Balaban J connectivity index is 1.22. The molecule has 3 aromatic rings. The van der Waals surface area contributed by atoms with Crippen LogP contribution in [0, 0.1) is 19.8 Å². The number of rotatable bonds is 4. The number of hydrogen-bond acceptors (Lipinski definition) is 7. The van der Waals surface area contributed by atoms with Gasteiger partial charge in [-0.2, -0.15) is 5.10 Å². The molecule has 0 aromatic carbocycles. The van der Waals surface area contributed by atoms with Crippen LogP contribution in [0.3, 0.4) is 0 Å². The number of piperidine rings is 1. The van der Waals surface area contributed by atoms with Crippen molar-refractivity contribution >= 4 is 17.6 Å². The summed E-state index contributed by atoms with van der Waals surface area (Å²) in [6.45, 7) is 7.53. The topological polar surface area (TPSA) is 101 Å². The molecule has 2 aliphatic heterocycles. The van der Waals surface area contributed by atoms with Crippen molar-refractivity contribution in [3.8, 4) is 5.82 Å². The number of furan rings is 1. The van der Waals surface area contributed by atoms with Gasteiger partial charge in [0, 0.05) is 51.0 Å². The molecule has 5 rings (SSSR count). The maximum absolute atomic E-state index is 13.3. The first-order chi connectivity index (χ1) is 16.5. The van der Waals surface area contributed by atoms with E-state index in [1.165, 1.54) is 6.26 Å². The summed E-state index contributed by atoms with van der Waals surface area (Å²) in [5.74, 6) is 1.82. The zero-order valence-corrected chi connectivity index (χ0v) is 19.6.